The highest BCUT2D eigenvalue weighted by atomic mass is 35.5. The number of hydrogen-bond donors (Lipinski definition) is 1. The molecule has 0 spiro atoms. The fourth-order valence-electron chi connectivity index (χ4n) is 1.08. The molecule has 1 rings (SSSR count). The Hall–Kier alpha value is -0.450. The first kappa shape index (κ1) is 14.6. The molecule has 0 radical (unpaired) electrons. The van der Waals surface area contributed by atoms with Gasteiger partial charge in [-0.25, -0.2) is 0 Å². The average molecular weight is 260 g/mol. The Kier molecular flexibility index (Phi) is 5.42. The van der Waals surface area contributed by atoms with Gasteiger partial charge < -0.3 is 5.73 Å². The Labute approximate surface area is 96.8 Å². The van der Waals surface area contributed by atoms with E-state index in [9.17, 15) is 13.2 Å². The minimum Gasteiger partial charge on any atom is -0.330 e. The topological polar surface area (TPSA) is 26.0 Å². The summed E-state index contributed by atoms with van der Waals surface area (Å²) in [6.45, 7) is 0.366. The zero-order valence-corrected chi connectivity index (χ0v) is 9.22. The predicted octanol–water partition coefficient (Wildman–Crippen LogP) is 3.28. The number of benzene rings is 1. The molecule has 0 bridgehead atoms. The second kappa shape index (κ2) is 5.58. The Morgan fingerprint density at radius 1 is 1.27 bits per heavy atom. The summed E-state index contributed by atoms with van der Waals surface area (Å²) >= 11 is 5.66. The number of hydrogen-bond acceptors (Lipinski definition) is 1. The highest BCUT2D eigenvalue weighted by Crippen LogP contribution is 2.32. The van der Waals surface area contributed by atoms with Crippen molar-refractivity contribution < 1.29 is 13.2 Å². The second-order valence-electron chi connectivity index (χ2n) is 2.84. The molecule has 1 aromatic carbocycles. The van der Waals surface area contributed by atoms with Gasteiger partial charge in [-0.15, -0.1) is 12.4 Å². The van der Waals surface area contributed by atoms with Gasteiger partial charge in [0.2, 0.25) is 0 Å². The largest absolute Gasteiger partial charge is 0.416 e. The van der Waals surface area contributed by atoms with Gasteiger partial charge in [0.05, 0.1) is 5.56 Å². The van der Waals surface area contributed by atoms with Gasteiger partial charge in [0.25, 0.3) is 0 Å². The third-order valence-electron chi connectivity index (χ3n) is 1.79. The van der Waals surface area contributed by atoms with E-state index in [1.807, 2.05) is 0 Å². The summed E-state index contributed by atoms with van der Waals surface area (Å²) in [6.07, 6.45) is -3.86. The van der Waals surface area contributed by atoms with Crippen LogP contribution in [-0.4, -0.2) is 6.54 Å². The molecule has 0 unspecified atom stereocenters. The lowest BCUT2D eigenvalue weighted by atomic mass is 10.1. The summed E-state index contributed by atoms with van der Waals surface area (Å²) in [5.74, 6) is 0. The lowest BCUT2D eigenvalue weighted by Crippen LogP contribution is -2.07. The first-order chi connectivity index (χ1) is 6.45. The zero-order valence-electron chi connectivity index (χ0n) is 7.64. The summed E-state index contributed by atoms with van der Waals surface area (Å²) < 4.78 is 36.6. The molecule has 6 heteroatoms. The van der Waals surface area contributed by atoms with Crippen molar-refractivity contribution in [1.29, 1.82) is 0 Å². The number of alkyl halides is 3. The van der Waals surface area contributed by atoms with Crippen molar-refractivity contribution in [3.8, 4) is 0 Å². The van der Waals surface area contributed by atoms with Crippen molar-refractivity contribution in [3.05, 3.63) is 34.3 Å². The molecule has 86 valence electrons. The van der Waals surface area contributed by atoms with Gasteiger partial charge in [-0.05, 0) is 30.7 Å². The molecule has 0 aliphatic heterocycles. The maximum absolute atomic E-state index is 12.2. The number of nitrogens with two attached hydrogens (primary N) is 1. The van der Waals surface area contributed by atoms with E-state index >= 15 is 0 Å². The van der Waals surface area contributed by atoms with E-state index in [1.165, 1.54) is 6.07 Å². The summed E-state index contributed by atoms with van der Waals surface area (Å²) in [4.78, 5) is 0. The predicted molar refractivity (Wildman–Crippen MR) is 56.5 cm³/mol. The van der Waals surface area contributed by atoms with E-state index in [-0.39, 0.29) is 17.4 Å². The molecule has 0 saturated heterocycles. The number of halogens is 5. The van der Waals surface area contributed by atoms with E-state index in [0.29, 0.717) is 18.5 Å². The molecule has 0 aliphatic rings. The van der Waals surface area contributed by atoms with E-state index in [2.05, 4.69) is 0 Å². The van der Waals surface area contributed by atoms with Crippen LogP contribution in [0.1, 0.15) is 11.1 Å². The highest BCUT2D eigenvalue weighted by Gasteiger charge is 2.30. The molecule has 0 atom stereocenters. The van der Waals surface area contributed by atoms with Crippen LogP contribution in [0.4, 0.5) is 13.2 Å². The van der Waals surface area contributed by atoms with E-state index in [4.69, 9.17) is 17.3 Å². The smallest absolute Gasteiger partial charge is 0.330 e. The molecule has 0 fully saturated rings. The second-order valence-corrected chi connectivity index (χ2v) is 3.25. The molecule has 0 aliphatic carbocycles. The highest BCUT2D eigenvalue weighted by molar-refractivity contribution is 6.31. The van der Waals surface area contributed by atoms with Gasteiger partial charge >= 0.3 is 6.18 Å². The summed E-state index contributed by atoms with van der Waals surface area (Å²) in [5, 5.41) is 0.116. The van der Waals surface area contributed by atoms with Crippen LogP contribution in [0.15, 0.2) is 18.2 Å². The normalized spacial score (nSPS) is 11.0. The van der Waals surface area contributed by atoms with Crippen LogP contribution in [0, 0.1) is 0 Å². The lowest BCUT2D eigenvalue weighted by Gasteiger charge is -2.09. The summed E-state index contributed by atoms with van der Waals surface area (Å²) in [7, 11) is 0. The van der Waals surface area contributed by atoms with Gasteiger partial charge in [0, 0.05) is 5.02 Å². The van der Waals surface area contributed by atoms with Crippen molar-refractivity contribution in [2.75, 3.05) is 6.54 Å². The van der Waals surface area contributed by atoms with E-state index < -0.39 is 11.7 Å². The van der Waals surface area contributed by atoms with Crippen LogP contribution >= 0.6 is 24.0 Å². The maximum atomic E-state index is 12.2. The fraction of sp³-hybridized carbons (Fsp3) is 0.333. The molecular weight excluding hydrogens is 250 g/mol. The summed E-state index contributed by atoms with van der Waals surface area (Å²) in [6, 6.07) is 3.29. The van der Waals surface area contributed by atoms with Crippen molar-refractivity contribution >= 4 is 24.0 Å². The van der Waals surface area contributed by atoms with Crippen LogP contribution in [0.25, 0.3) is 0 Å². The molecule has 0 aromatic heterocycles. The Morgan fingerprint density at radius 3 is 2.27 bits per heavy atom. The molecule has 1 nitrogen and oxygen atoms in total. The van der Waals surface area contributed by atoms with Gasteiger partial charge in [-0.2, -0.15) is 13.2 Å². The van der Waals surface area contributed by atoms with E-state index in [1.54, 1.807) is 0 Å². The van der Waals surface area contributed by atoms with Crippen LogP contribution in [-0.2, 0) is 12.6 Å². The van der Waals surface area contributed by atoms with Gasteiger partial charge in [-0.3, -0.25) is 0 Å². The van der Waals surface area contributed by atoms with Crippen LogP contribution in [0.5, 0.6) is 0 Å². The molecule has 1 aromatic rings. The van der Waals surface area contributed by atoms with Crippen molar-refractivity contribution in [2.45, 2.75) is 12.6 Å². The quantitative estimate of drug-likeness (QED) is 0.867. The first-order valence-electron chi connectivity index (χ1n) is 4.01. The van der Waals surface area contributed by atoms with Crippen molar-refractivity contribution in [2.24, 2.45) is 5.73 Å². The van der Waals surface area contributed by atoms with Gasteiger partial charge in [0.15, 0.2) is 0 Å². The number of rotatable bonds is 2. The standard InChI is InChI=1S/C9H9ClF3N.ClH/c10-8-5-7(9(11,12)13)2-1-6(8)3-4-14;/h1-2,5H,3-4,14H2;1H. The van der Waals surface area contributed by atoms with Crippen LogP contribution in [0.2, 0.25) is 5.02 Å². The third kappa shape index (κ3) is 3.89. The lowest BCUT2D eigenvalue weighted by molar-refractivity contribution is -0.137. The van der Waals surface area contributed by atoms with Gasteiger partial charge in [0.1, 0.15) is 0 Å². The molecule has 0 heterocycles. The Bertz CT molecular complexity index is 326. The summed E-state index contributed by atoms with van der Waals surface area (Å²) in [5.41, 5.74) is 5.18. The Balaban J connectivity index is 0.00000196. The SMILES string of the molecule is Cl.NCCc1ccc(C(F)(F)F)cc1Cl. The molecule has 2 N–H and O–H groups in total. The third-order valence-corrected chi connectivity index (χ3v) is 2.15. The minimum atomic E-state index is -4.34. The van der Waals surface area contributed by atoms with Crippen molar-refractivity contribution in [1.82, 2.24) is 0 Å². The average Bonchev–Trinajstić information content (AvgIpc) is 2.07. The van der Waals surface area contributed by atoms with Crippen LogP contribution in [0.3, 0.4) is 0 Å². The minimum absolute atomic E-state index is 0. The van der Waals surface area contributed by atoms with Gasteiger partial charge in [-0.1, -0.05) is 17.7 Å². The molecule has 0 saturated carbocycles. The van der Waals surface area contributed by atoms with Crippen LogP contribution < -0.4 is 5.73 Å². The molecule has 0 amide bonds. The van der Waals surface area contributed by atoms with Crippen molar-refractivity contribution in [3.63, 3.8) is 0 Å². The monoisotopic (exact) mass is 259 g/mol. The Morgan fingerprint density at radius 2 is 1.87 bits per heavy atom. The van der Waals surface area contributed by atoms with E-state index in [0.717, 1.165) is 12.1 Å². The fourth-order valence-corrected chi connectivity index (χ4v) is 1.36. The first-order valence-corrected chi connectivity index (χ1v) is 4.38. The maximum Gasteiger partial charge on any atom is 0.416 e. The molecule has 15 heavy (non-hydrogen) atoms. The zero-order chi connectivity index (χ0) is 10.8. The molecular formula is C9H10Cl2F3N.